The summed E-state index contributed by atoms with van der Waals surface area (Å²) in [6.45, 7) is 6.62. The lowest BCUT2D eigenvalue weighted by Crippen LogP contribution is -2.04. The molecule has 0 unspecified atom stereocenters. The first-order chi connectivity index (χ1) is 14.4. The van der Waals surface area contributed by atoms with Gasteiger partial charge >= 0.3 is 6.18 Å². The van der Waals surface area contributed by atoms with Gasteiger partial charge in [-0.25, -0.2) is 0 Å². The molecule has 0 spiro atoms. The van der Waals surface area contributed by atoms with Gasteiger partial charge in [-0.2, -0.15) is 18.3 Å². The highest BCUT2D eigenvalue weighted by Crippen LogP contribution is 2.29. The van der Waals surface area contributed by atoms with Crippen LogP contribution in [-0.4, -0.2) is 9.78 Å². The average molecular weight is 410 g/mol. The van der Waals surface area contributed by atoms with E-state index < -0.39 is 11.7 Å². The molecule has 0 saturated heterocycles. The standard InChI is InChI=1S/C25H25F3N2/c1-3-7-21-16-22(12-11-20(21)4-2)23-17-29-30(18-23)15-6-5-8-19-9-13-24(14-10-19)25(26,27)28/h3-4,7,9-14,16-18H,2,5-6,8,15H2,1H3/b7-3-. The highest BCUT2D eigenvalue weighted by Gasteiger charge is 2.29. The van der Waals surface area contributed by atoms with Gasteiger partial charge in [0.05, 0.1) is 11.8 Å². The zero-order chi connectivity index (χ0) is 21.6. The van der Waals surface area contributed by atoms with Crippen molar-refractivity contribution in [3.05, 3.63) is 89.8 Å². The van der Waals surface area contributed by atoms with Gasteiger partial charge in [0.25, 0.3) is 0 Å². The normalized spacial score (nSPS) is 11.9. The molecule has 156 valence electrons. The van der Waals surface area contributed by atoms with Crippen LogP contribution in [0, 0.1) is 0 Å². The smallest absolute Gasteiger partial charge is 0.272 e. The van der Waals surface area contributed by atoms with E-state index in [-0.39, 0.29) is 0 Å². The predicted octanol–water partition coefficient (Wildman–Crippen LogP) is 7.27. The van der Waals surface area contributed by atoms with Gasteiger partial charge in [0.1, 0.15) is 0 Å². The molecule has 0 saturated carbocycles. The second kappa shape index (κ2) is 9.61. The maximum atomic E-state index is 12.6. The summed E-state index contributed by atoms with van der Waals surface area (Å²) >= 11 is 0. The van der Waals surface area contributed by atoms with Crippen LogP contribution in [0.3, 0.4) is 0 Å². The van der Waals surface area contributed by atoms with Crippen LogP contribution in [0.5, 0.6) is 0 Å². The lowest BCUT2D eigenvalue weighted by molar-refractivity contribution is -0.137. The first kappa shape index (κ1) is 21.6. The Kier molecular flexibility index (Phi) is 6.93. The van der Waals surface area contributed by atoms with Gasteiger partial charge in [0.2, 0.25) is 0 Å². The van der Waals surface area contributed by atoms with Crippen LogP contribution in [0.25, 0.3) is 23.3 Å². The van der Waals surface area contributed by atoms with Crippen LogP contribution in [0.15, 0.2) is 67.5 Å². The Bertz CT molecular complexity index is 1010. The summed E-state index contributed by atoms with van der Waals surface area (Å²) in [5, 5.41) is 4.45. The fraction of sp³-hybridized carbons (Fsp3) is 0.240. The van der Waals surface area contributed by atoms with Crippen molar-refractivity contribution < 1.29 is 13.2 Å². The van der Waals surface area contributed by atoms with Crippen LogP contribution >= 0.6 is 0 Å². The SMILES string of the molecule is C=Cc1ccc(-c2cnn(CCCCc3ccc(C(F)(F)F)cc3)c2)cc1/C=C\C. The second-order valence-electron chi connectivity index (χ2n) is 7.19. The summed E-state index contributed by atoms with van der Waals surface area (Å²) in [7, 11) is 0. The zero-order valence-electron chi connectivity index (χ0n) is 17.0. The Morgan fingerprint density at radius 3 is 2.43 bits per heavy atom. The Balaban J connectivity index is 1.55. The third-order valence-electron chi connectivity index (χ3n) is 5.00. The van der Waals surface area contributed by atoms with E-state index in [2.05, 4.69) is 36.0 Å². The van der Waals surface area contributed by atoms with Crippen molar-refractivity contribution in [2.45, 2.75) is 38.9 Å². The molecule has 0 aliphatic rings. The molecule has 1 aromatic heterocycles. The molecule has 2 aromatic carbocycles. The predicted molar refractivity (Wildman–Crippen MR) is 117 cm³/mol. The van der Waals surface area contributed by atoms with E-state index in [0.29, 0.717) is 0 Å². The van der Waals surface area contributed by atoms with Crippen molar-refractivity contribution in [2.24, 2.45) is 0 Å². The fourth-order valence-corrected chi connectivity index (χ4v) is 3.36. The van der Waals surface area contributed by atoms with Crippen molar-refractivity contribution in [2.75, 3.05) is 0 Å². The number of benzene rings is 2. The van der Waals surface area contributed by atoms with Gasteiger partial charge in [-0.15, -0.1) is 0 Å². The van der Waals surface area contributed by atoms with Gasteiger partial charge in [-0.3, -0.25) is 4.68 Å². The number of nitrogens with zero attached hydrogens (tertiary/aromatic N) is 2. The Morgan fingerprint density at radius 1 is 1.00 bits per heavy atom. The van der Waals surface area contributed by atoms with Gasteiger partial charge in [0, 0.05) is 18.3 Å². The molecule has 0 aliphatic heterocycles. The van der Waals surface area contributed by atoms with Gasteiger partial charge in [-0.1, -0.05) is 49.1 Å². The van der Waals surface area contributed by atoms with E-state index in [1.54, 1.807) is 12.1 Å². The highest BCUT2D eigenvalue weighted by molar-refractivity contribution is 5.72. The van der Waals surface area contributed by atoms with Crippen molar-refractivity contribution in [1.29, 1.82) is 0 Å². The van der Waals surface area contributed by atoms with Crippen LogP contribution in [0.4, 0.5) is 13.2 Å². The first-order valence-electron chi connectivity index (χ1n) is 9.99. The largest absolute Gasteiger partial charge is 0.416 e. The van der Waals surface area contributed by atoms with E-state index in [9.17, 15) is 13.2 Å². The van der Waals surface area contributed by atoms with Crippen LogP contribution in [0.2, 0.25) is 0 Å². The molecule has 0 aliphatic carbocycles. The summed E-state index contributed by atoms with van der Waals surface area (Å²) in [5.41, 5.74) is 4.68. The number of hydrogen-bond donors (Lipinski definition) is 0. The van der Waals surface area contributed by atoms with Gasteiger partial charge in [0.15, 0.2) is 0 Å². The Hall–Kier alpha value is -3.08. The maximum absolute atomic E-state index is 12.6. The second-order valence-corrected chi connectivity index (χ2v) is 7.19. The summed E-state index contributed by atoms with van der Waals surface area (Å²) < 4.78 is 39.8. The molecule has 2 nitrogen and oxygen atoms in total. The molecule has 0 radical (unpaired) electrons. The molecule has 3 rings (SSSR count). The maximum Gasteiger partial charge on any atom is 0.416 e. The molecule has 0 atom stereocenters. The van der Waals surface area contributed by atoms with E-state index in [4.69, 9.17) is 0 Å². The number of halogens is 3. The topological polar surface area (TPSA) is 17.8 Å². The van der Waals surface area contributed by atoms with E-state index >= 15 is 0 Å². The number of aromatic nitrogens is 2. The average Bonchev–Trinajstić information content (AvgIpc) is 3.20. The molecule has 3 aromatic rings. The molecule has 0 amide bonds. The molecule has 1 heterocycles. The number of aryl methyl sites for hydroxylation is 2. The van der Waals surface area contributed by atoms with E-state index in [1.807, 2.05) is 36.2 Å². The third kappa shape index (κ3) is 5.50. The minimum absolute atomic E-state index is 0.603. The molecule has 5 heteroatoms. The first-order valence-corrected chi connectivity index (χ1v) is 9.99. The Labute approximate surface area is 175 Å². The van der Waals surface area contributed by atoms with Crippen molar-refractivity contribution in [3.63, 3.8) is 0 Å². The van der Waals surface area contributed by atoms with Crippen LogP contribution < -0.4 is 0 Å². The summed E-state index contributed by atoms with van der Waals surface area (Å²) in [5.74, 6) is 0. The van der Waals surface area contributed by atoms with Crippen LogP contribution in [0.1, 0.15) is 42.0 Å². The zero-order valence-corrected chi connectivity index (χ0v) is 17.0. The summed E-state index contributed by atoms with van der Waals surface area (Å²) in [4.78, 5) is 0. The Morgan fingerprint density at radius 2 is 1.77 bits per heavy atom. The van der Waals surface area contributed by atoms with Crippen molar-refractivity contribution in [3.8, 4) is 11.1 Å². The molecule has 0 bridgehead atoms. The van der Waals surface area contributed by atoms with E-state index in [0.717, 1.165) is 65.8 Å². The number of unbranched alkanes of at least 4 members (excludes halogenated alkanes) is 1. The number of rotatable bonds is 8. The fourth-order valence-electron chi connectivity index (χ4n) is 3.36. The number of alkyl halides is 3. The lowest BCUT2D eigenvalue weighted by atomic mass is 10.0. The molecular formula is C25H25F3N2. The quantitative estimate of drug-likeness (QED) is 0.357. The number of allylic oxidation sites excluding steroid dienone is 1. The summed E-state index contributed by atoms with van der Waals surface area (Å²) in [6.07, 6.45) is 8.07. The minimum Gasteiger partial charge on any atom is -0.272 e. The minimum atomic E-state index is -4.28. The van der Waals surface area contributed by atoms with Gasteiger partial charge in [-0.05, 0) is 66.6 Å². The monoisotopic (exact) mass is 410 g/mol. The van der Waals surface area contributed by atoms with Crippen molar-refractivity contribution in [1.82, 2.24) is 9.78 Å². The van der Waals surface area contributed by atoms with Crippen molar-refractivity contribution >= 4 is 12.2 Å². The third-order valence-corrected chi connectivity index (χ3v) is 5.00. The molecule has 0 N–H and O–H groups in total. The number of hydrogen-bond acceptors (Lipinski definition) is 1. The van der Waals surface area contributed by atoms with E-state index in [1.165, 1.54) is 0 Å². The highest BCUT2D eigenvalue weighted by atomic mass is 19.4. The lowest BCUT2D eigenvalue weighted by Gasteiger charge is -2.07. The summed E-state index contributed by atoms with van der Waals surface area (Å²) in [6, 6.07) is 11.7. The van der Waals surface area contributed by atoms with Gasteiger partial charge < -0.3 is 0 Å². The van der Waals surface area contributed by atoms with Crippen LogP contribution in [-0.2, 0) is 19.1 Å². The molecule has 30 heavy (non-hydrogen) atoms. The molecule has 0 fully saturated rings. The molecular weight excluding hydrogens is 385 g/mol.